The maximum atomic E-state index is 13.3. The fourth-order valence-corrected chi connectivity index (χ4v) is 2.29. The van der Waals surface area contributed by atoms with Gasteiger partial charge in [-0.3, -0.25) is 0 Å². The van der Waals surface area contributed by atoms with Crippen molar-refractivity contribution in [2.45, 2.75) is 44.9 Å². The summed E-state index contributed by atoms with van der Waals surface area (Å²) in [4.78, 5) is 0. The third-order valence-electron chi connectivity index (χ3n) is 3.28. The van der Waals surface area contributed by atoms with Crippen LogP contribution in [0, 0.1) is 5.82 Å². The number of rotatable bonds is 6. The summed E-state index contributed by atoms with van der Waals surface area (Å²) in [6, 6.07) is 4.93. The van der Waals surface area contributed by atoms with E-state index >= 15 is 0 Å². The third kappa shape index (κ3) is 4.62. The molecule has 1 aliphatic heterocycles. The van der Waals surface area contributed by atoms with Gasteiger partial charge in [-0.25, -0.2) is 4.39 Å². The lowest BCUT2D eigenvalue weighted by Crippen LogP contribution is -2.32. The van der Waals surface area contributed by atoms with E-state index in [1.807, 2.05) is 0 Å². The molecule has 1 fully saturated rings. The molecule has 112 valence electrons. The van der Waals surface area contributed by atoms with Gasteiger partial charge in [0.05, 0.1) is 17.2 Å². The van der Waals surface area contributed by atoms with Gasteiger partial charge in [-0.15, -0.1) is 0 Å². The quantitative estimate of drug-likeness (QED) is 0.873. The van der Waals surface area contributed by atoms with Gasteiger partial charge in [-0.2, -0.15) is 0 Å². The van der Waals surface area contributed by atoms with Crippen molar-refractivity contribution in [3.63, 3.8) is 0 Å². The minimum Gasteiger partial charge on any atom is -0.491 e. The van der Waals surface area contributed by atoms with Crippen LogP contribution < -0.4 is 10.1 Å². The summed E-state index contributed by atoms with van der Waals surface area (Å²) >= 11 is 5.63. The summed E-state index contributed by atoms with van der Waals surface area (Å²) in [5.74, 6) is 0.0229. The molecule has 0 radical (unpaired) electrons. The van der Waals surface area contributed by atoms with Gasteiger partial charge in [0.25, 0.3) is 0 Å². The van der Waals surface area contributed by atoms with E-state index in [-0.39, 0.29) is 17.2 Å². The van der Waals surface area contributed by atoms with Crippen molar-refractivity contribution in [1.82, 2.24) is 5.32 Å². The highest BCUT2D eigenvalue weighted by Gasteiger charge is 2.25. The first kappa shape index (κ1) is 15.5. The molecule has 1 N–H and O–H groups in total. The van der Waals surface area contributed by atoms with Gasteiger partial charge in [0.2, 0.25) is 0 Å². The molecule has 2 unspecified atom stereocenters. The highest BCUT2D eigenvalue weighted by molar-refractivity contribution is 6.30. The fraction of sp³-hybridized carbons (Fsp3) is 0.600. The maximum absolute atomic E-state index is 13.3. The number of benzene rings is 1. The van der Waals surface area contributed by atoms with Crippen LogP contribution in [0.5, 0.6) is 5.75 Å². The minimum atomic E-state index is -0.462. The van der Waals surface area contributed by atoms with E-state index in [1.54, 1.807) is 6.07 Å². The van der Waals surface area contributed by atoms with Gasteiger partial charge in [-0.1, -0.05) is 25.4 Å². The number of halogens is 2. The van der Waals surface area contributed by atoms with Crippen molar-refractivity contribution in [3.05, 3.63) is 29.0 Å². The smallest absolute Gasteiger partial charge is 0.145 e. The van der Waals surface area contributed by atoms with Crippen molar-refractivity contribution in [1.29, 1.82) is 0 Å². The molecule has 1 heterocycles. The number of hydrogen-bond donors (Lipinski definition) is 1. The molecule has 0 aromatic heterocycles. The zero-order valence-corrected chi connectivity index (χ0v) is 12.6. The van der Waals surface area contributed by atoms with Crippen molar-refractivity contribution < 1.29 is 13.9 Å². The molecule has 1 aromatic carbocycles. The van der Waals surface area contributed by atoms with E-state index in [9.17, 15) is 4.39 Å². The standard InChI is InChI=1S/C15H21ClFNO2/c1-10(2)18-8-12-3-4-13(20-12)9-19-11-5-6-14(16)15(17)7-11/h5-7,10,12-13,18H,3-4,8-9H2,1-2H3. The summed E-state index contributed by atoms with van der Waals surface area (Å²) < 4.78 is 24.7. The Bertz CT molecular complexity index is 442. The van der Waals surface area contributed by atoms with Gasteiger partial charge in [-0.05, 0) is 25.0 Å². The second kappa shape index (κ2) is 7.25. The number of ether oxygens (including phenoxy) is 2. The molecule has 5 heteroatoms. The lowest BCUT2D eigenvalue weighted by atomic mass is 10.2. The summed E-state index contributed by atoms with van der Waals surface area (Å²) in [5.41, 5.74) is 0. The Morgan fingerprint density at radius 1 is 1.40 bits per heavy atom. The Balaban J connectivity index is 1.73. The molecule has 1 aliphatic rings. The zero-order valence-electron chi connectivity index (χ0n) is 11.9. The number of nitrogens with one attached hydrogen (secondary N) is 1. The molecule has 2 rings (SSSR count). The van der Waals surface area contributed by atoms with Gasteiger partial charge >= 0.3 is 0 Å². The van der Waals surface area contributed by atoms with Crippen molar-refractivity contribution in [2.24, 2.45) is 0 Å². The van der Waals surface area contributed by atoms with E-state index in [1.165, 1.54) is 12.1 Å². The molecule has 1 aromatic rings. The van der Waals surface area contributed by atoms with Crippen LogP contribution in [0.15, 0.2) is 18.2 Å². The first-order valence-corrected chi connectivity index (χ1v) is 7.39. The molecular formula is C15H21ClFNO2. The Morgan fingerprint density at radius 3 is 2.85 bits per heavy atom. The molecule has 0 spiro atoms. The van der Waals surface area contributed by atoms with Crippen molar-refractivity contribution in [3.8, 4) is 5.75 Å². The maximum Gasteiger partial charge on any atom is 0.145 e. The second-order valence-corrected chi connectivity index (χ2v) is 5.81. The van der Waals surface area contributed by atoms with Crippen molar-refractivity contribution >= 4 is 11.6 Å². The van der Waals surface area contributed by atoms with Crippen LogP contribution in [0.3, 0.4) is 0 Å². The van der Waals surface area contributed by atoms with Crippen LogP contribution in [0.4, 0.5) is 4.39 Å². The van der Waals surface area contributed by atoms with Gasteiger partial charge in [0.15, 0.2) is 0 Å². The highest BCUT2D eigenvalue weighted by Crippen LogP contribution is 2.23. The van der Waals surface area contributed by atoms with E-state index in [0.717, 1.165) is 19.4 Å². The zero-order chi connectivity index (χ0) is 14.5. The highest BCUT2D eigenvalue weighted by atomic mass is 35.5. The first-order valence-electron chi connectivity index (χ1n) is 7.01. The van der Waals surface area contributed by atoms with Crippen LogP contribution in [0.2, 0.25) is 5.02 Å². The van der Waals surface area contributed by atoms with Crippen LogP contribution in [-0.4, -0.2) is 31.4 Å². The largest absolute Gasteiger partial charge is 0.491 e. The average Bonchev–Trinajstić information content (AvgIpc) is 2.86. The summed E-state index contributed by atoms with van der Waals surface area (Å²) in [7, 11) is 0. The molecule has 0 aliphatic carbocycles. The van der Waals surface area contributed by atoms with E-state index in [4.69, 9.17) is 21.1 Å². The summed E-state index contributed by atoms with van der Waals surface area (Å²) in [6.45, 7) is 5.54. The fourth-order valence-electron chi connectivity index (χ4n) is 2.18. The molecule has 0 saturated carbocycles. The predicted octanol–water partition coefficient (Wildman–Crippen LogP) is 3.40. The second-order valence-electron chi connectivity index (χ2n) is 5.41. The Labute approximate surface area is 124 Å². The topological polar surface area (TPSA) is 30.5 Å². The molecule has 0 bridgehead atoms. The molecule has 2 atom stereocenters. The Morgan fingerprint density at radius 2 is 2.15 bits per heavy atom. The SMILES string of the molecule is CC(C)NCC1CCC(COc2ccc(Cl)c(F)c2)O1. The van der Waals surface area contributed by atoms with Gasteiger partial charge in [0, 0.05) is 18.7 Å². The molecule has 3 nitrogen and oxygen atoms in total. The first-order chi connectivity index (χ1) is 9.54. The third-order valence-corrected chi connectivity index (χ3v) is 3.58. The van der Waals surface area contributed by atoms with E-state index in [0.29, 0.717) is 18.4 Å². The minimum absolute atomic E-state index is 0.0766. The molecule has 1 saturated heterocycles. The Hall–Kier alpha value is -0.840. The molecule has 20 heavy (non-hydrogen) atoms. The monoisotopic (exact) mass is 301 g/mol. The van der Waals surface area contributed by atoms with Gasteiger partial charge in [0.1, 0.15) is 18.2 Å². The van der Waals surface area contributed by atoms with Crippen molar-refractivity contribution in [2.75, 3.05) is 13.2 Å². The van der Waals surface area contributed by atoms with Gasteiger partial charge < -0.3 is 14.8 Å². The predicted molar refractivity (Wildman–Crippen MR) is 77.9 cm³/mol. The normalized spacial score (nSPS) is 22.4. The van der Waals surface area contributed by atoms with Crippen LogP contribution >= 0.6 is 11.6 Å². The van der Waals surface area contributed by atoms with E-state index < -0.39 is 5.82 Å². The average molecular weight is 302 g/mol. The van der Waals surface area contributed by atoms with Crippen LogP contribution in [-0.2, 0) is 4.74 Å². The summed E-state index contributed by atoms with van der Waals surface area (Å²) in [5, 5.41) is 3.47. The Kier molecular flexibility index (Phi) is 5.64. The number of hydrogen-bond acceptors (Lipinski definition) is 3. The molecular weight excluding hydrogens is 281 g/mol. The lowest BCUT2D eigenvalue weighted by molar-refractivity contribution is 0.0178. The molecule has 0 amide bonds. The van der Waals surface area contributed by atoms with Crippen LogP contribution in [0.1, 0.15) is 26.7 Å². The van der Waals surface area contributed by atoms with E-state index in [2.05, 4.69) is 19.2 Å². The summed E-state index contributed by atoms with van der Waals surface area (Å²) in [6.07, 6.45) is 2.32. The lowest BCUT2D eigenvalue weighted by Gasteiger charge is -2.16. The van der Waals surface area contributed by atoms with Crippen LogP contribution in [0.25, 0.3) is 0 Å².